The number of halogens is 6. The smallest absolute Gasteiger partial charge is 0.379 e. The second-order valence-corrected chi connectivity index (χ2v) is 12.3. The van der Waals surface area contributed by atoms with Gasteiger partial charge < -0.3 is 20.5 Å². The van der Waals surface area contributed by atoms with E-state index in [0.29, 0.717) is 56.1 Å². The molecular formula is C26H29F6N3O5S. The van der Waals surface area contributed by atoms with E-state index in [4.69, 9.17) is 4.74 Å². The van der Waals surface area contributed by atoms with E-state index in [9.17, 15) is 44.7 Å². The summed E-state index contributed by atoms with van der Waals surface area (Å²) in [5, 5.41) is 14.3. The Kier molecular flexibility index (Phi) is 8.92. The van der Waals surface area contributed by atoms with Crippen molar-refractivity contribution < 1.29 is 49.4 Å². The fourth-order valence-corrected chi connectivity index (χ4v) is 6.63. The second kappa shape index (κ2) is 11.8. The first-order valence-electron chi connectivity index (χ1n) is 12.8. The van der Waals surface area contributed by atoms with E-state index >= 15 is 0 Å². The van der Waals surface area contributed by atoms with Gasteiger partial charge in [-0.25, -0.2) is 13.2 Å². The number of alkyl halides is 6. The summed E-state index contributed by atoms with van der Waals surface area (Å²) >= 11 is 0. The SMILES string of the molecule is O=C(Nc1ccc(S(=O)(=O)C2CCN(Cc3ccc(C(O)(C(F)(F)F)C(F)(F)F)cc3)CC2)cc1)NC1CCOC1. The van der Waals surface area contributed by atoms with Gasteiger partial charge in [0, 0.05) is 24.4 Å². The maximum Gasteiger partial charge on any atom is 0.430 e. The fourth-order valence-electron chi connectivity index (χ4n) is 4.90. The Hall–Kier alpha value is -2.88. The summed E-state index contributed by atoms with van der Waals surface area (Å²) in [4.78, 5) is 14.0. The highest BCUT2D eigenvalue weighted by molar-refractivity contribution is 7.92. The van der Waals surface area contributed by atoms with E-state index in [0.717, 1.165) is 12.1 Å². The van der Waals surface area contributed by atoms with Gasteiger partial charge in [-0.2, -0.15) is 26.3 Å². The molecule has 0 aliphatic carbocycles. The third-order valence-electron chi connectivity index (χ3n) is 7.28. The molecule has 0 spiro atoms. The van der Waals surface area contributed by atoms with Crippen molar-refractivity contribution in [1.29, 1.82) is 0 Å². The fraction of sp³-hybridized carbons (Fsp3) is 0.500. The van der Waals surface area contributed by atoms with Gasteiger partial charge in [0.15, 0.2) is 9.84 Å². The van der Waals surface area contributed by atoms with Gasteiger partial charge >= 0.3 is 18.4 Å². The summed E-state index contributed by atoms with van der Waals surface area (Å²) < 4.78 is 110. The number of anilines is 1. The zero-order valence-corrected chi connectivity index (χ0v) is 22.5. The maximum absolute atomic E-state index is 13.2. The summed E-state index contributed by atoms with van der Waals surface area (Å²) in [6, 6.07) is 8.68. The number of sulfone groups is 1. The van der Waals surface area contributed by atoms with Crippen LogP contribution in [0.25, 0.3) is 0 Å². The van der Waals surface area contributed by atoms with E-state index in [2.05, 4.69) is 10.6 Å². The minimum absolute atomic E-state index is 0.0799. The van der Waals surface area contributed by atoms with Crippen molar-refractivity contribution in [2.45, 2.75) is 59.9 Å². The first-order chi connectivity index (χ1) is 19.1. The zero-order valence-electron chi connectivity index (χ0n) is 21.6. The summed E-state index contributed by atoms with van der Waals surface area (Å²) in [5.41, 5.74) is -5.49. The molecule has 2 aromatic carbocycles. The molecule has 0 aromatic heterocycles. The standard InChI is InChI=1S/C26H29F6N3O5S/c27-25(28,29)24(37,26(30,31)32)18-3-1-17(2-4-18)15-35-12-9-22(10-13-35)41(38,39)21-7-5-19(6-8-21)33-23(36)34-20-11-14-40-16-20/h1-8,20,22,37H,9-16H2,(H2,33,34,36). The van der Waals surface area contributed by atoms with E-state index in [1.807, 2.05) is 4.90 Å². The third kappa shape index (κ3) is 6.79. The number of carbonyl (C=O) groups is 1. The maximum atomic E-state index is 13.2. The van der Waals surface area contributed by atoms with Crippen molar-refractivity contribution in [3.05, 3.63) is 59.7 Å². The Morgan fingerprint density at radius 3 is 2.02 bits per heavy atom. The topological polar surface area (TPSA) is 108 Å². The molecule has 4 rings (SSSR count). The molecule has 0 radical (unpaired) electrons. The number of urea groups is 1. The predicted molar refractivity (Wildman–Crippen MR) is 136 cm³/mol. The van der Waals surface area contributed by atoms with Crippen LogP contribution in [0.3, 0.4) is 0 Å². The molecule has 0 bridgehead atoms. The van der Waals surface area contributed by atoms with Crippen LogP contribution in [0.5, 0.6) is 0 Å². The van der Waals surface area contributed by atoms with Crippen LogP contribution in [0.2, 0.25) is 0 Å². The number of benzene rings is 2. The molecule has 2 aliphatic heterocycles. The van der Waals surface area contributed by atoms with Crippen LogP contribution in [0, 0.1) is 0 Å². The number of likely N-dealkylation sites (tertiary alicyclic amines) is 1. The zero-order chi connectivity index (χ0) is 30.1. The largest absolute Gasteiger partial charge is 0.430 e. The number of nitrogens with one attached hydrogen (secondary N) is 2. The van der Waals surface area contributed by atoms with Crippen molar-refractivity contribution in [1.82, 2.24) is 10.2 Å². The molecule has 2 saturated heterocycles. The van der Waals surface area contributed by atoms with Crippen LogP contribution in [-0.4, -0.2) is 74.4 Å². The highest BCUT2D eigenvalue weighted by atomic mass is 32.2. The van der Waals surface area contributed by atoms with E-state index in [-0.39, 0.29) is 30.3 Å². The van der Waals surface area contributed by atoms with Gasteiger partial charge in [-0.1, -0.05) is 24.3 Å². The van der Waals surface area contributed by atoms with E-state index in [1.54, 1.807) is 0 Å². The minimum Gasteiger partial charge on any atom is -0.379 e. The van der Waals surface area contributed by atoms with Gasteiger partial charge in [-0.05, 0) is 62.2 Å². The Morgan fingerprint density at radius 1 is 0.927 bits per heavy atom. The number of amides is 2. The van der Waals surface area contributed by atoms with Crippen LogP contribution in [0.4, 0.5) is 36.8 Å². The lowest BCUT2D eigenvalue weighted by Gasteiger charge is -2.33. The molecule has 1 unspecified atom stereocenters. The van der Waals surface area contributed by atoms with Crippen LogP contribution in [0.15, 0.2) is 53.4 Å². The van der Waals surface area contributed by atoms with E-state index < -0.39 is 44.6 Å². The number of rotatable bonds is 7. The third-order valence-corrected chi connectivity index (χ3v) is 9.56. The van der Waals surface area contributed by atoms with Crippen LogP contribution < -0.4 is 10.6 Å². The van der Waals surface area contributed by atoms with Gasteiger partial charge in [0.05, 0.1) is 22.8 Å². The molecule has 226 valence electrons. The van der Waals surface area contributed by atoms with Gasteiger partial charge in [-0.3, -0.25) is 4.90 Å². The predicted octanol–water partition coefficient (Wildman–Crippen LogP) is 4.35. The molecule has 2 fully saturated rings. The van der Waals surface area contributed by atoms with Crippen LogP contribution >= 0.6 is 0 Å². The summed E-state index contributed by atoms with van der Waals surface area (Å²) in [6.45, 7) is 1.87. The molecule has 2 aliphatic rings. The highest BCUT2D eigenvalue weighted by Crippen LogP contribution is 2.50. The summed E-state index contributed by atoms with van der Waals surface area (Å²) in [6.07, 6.45) is -10.7. The van der Waals surface area contributed by atoms with Gasteiger partial charge in [-0.15, -0.1) is 0 Å². The first-order valence-corrected chi connectivity index (χ1v) is 14.3. The Morgan fingerprint density at radius 2 is 1.51 bits per heavy atom. The first kappa shape index (κ1) is 31.1. The van der Waals surface area contributed by atoms with Crippen molar-refractivity contribution in [2.75, 3.05) is 31.6 Å². The monoisotopic (exact) mass is 609 g/mol. The van der Waals surface area contributed by atoms with Crippen LogP contribution in [0.1, 0.15) is 30.4 Å². The Bertz CT molecular complexity index is 1290. The number of carbonyl (C=O) groups excluding carboxylic acids is 1. The van der Waals surface area contributed by atoms with Gasteiger partial charge in [0.25, 0.3) is 5.60 Å². The Labute approximate surface area is 232 Å². The van der Waals surface area contributed by atoms with Crippen molar-refractivity contribution >= 4 is 21.6 Å². The highest BCUT2D eigenvalue weighted by Gasteiger charge is 2.71. The van der Waals surface area contributed by atoms with Crippen molar-refractivity contribution in [3.63, 3.8) is 0 Å². The second-order valence-electron chi connectivity index (χ2n) is 10.1. The molecule has 8 nitrogen and oxygen atoms in total. The molecule has 2 heterocycles. The number of piperidine rings is 1. The van der Waals surface area contributed by atoms with E-state index in [1.165, 1.54) is 24.3 Å². The quantitative estimate of drug-likeness (QED) is 0.403. The molecule has 3 N–H and O–H groups in total. The molecule has 41 heavy (non-hydrogen) atoms. The summed E-state index contributed by atoms with van der Waals surface area (Å²) in [5.74, 6) is 0. The Balaban J connectivity index is 1.32. The number of nitrogens with zero attached hydrogens (tertiary/aromatic N) is 1. The molecular weight excluding hydrogens is 580 g/mol. The normalized spacial score (nSPS) is 19.7. The number of hydrogen-bond donors (Lipinski definition) is 3. The number of aliphatic hydroxyl groups is 1. The number of hydrogen-bond acceptors (Lipinski definition) is 6. The minimum atomic E-state index is -5.96. The molecule has 15 heteroatoms. The molecule has 2 amide bonds. The van der Waals surface area contributed by atoms with Gasteiger partial charge in [0.2, 0.25) is 0 Å². The lowest BCUT2D eigenvalue weighted by atomic mass is 9.91. The molecule has 2 aromatic rings. The van der Waals surface area contributed by atoms with Crippen LogP contribution in [-0.2, 0) is 26.7 Å². The summed E-state index contributed by atoms with van der Waals surface area (Å²) in [7, 11) is -3.68. The lowest BCUT2D eigenvalue weighted by molar-refractivity contribution is -0.376. The van der Waals surface area contributed by atoms with Gasteiger partial charge in [0.1, 0.15) is 0 Å². The van der Waals surface area contributed by atoms with Crippen molar-refractivity contribution in [3.8, 4) is 0 Å². The lowest BCUT2D eigenvalue weighted by Crippen LogP contribution is -2.53. The number of ether oxygens (including phenoxy) is 1. The average Bonchev–Trinajstić information content (AvgIpc) is 3.41. The molecule has 0 saturated carbocycles. The van der Waals surface area contributed by atoms with Crippen molar-refractivity contribution in [2.24, 2.45) is 0 Å². The average molecular weight is 610 g/mol. The molecule has 1 atom stereocenters.